The molecule has 0 aliphatic heterocycles. The van der Waals surface area contributed by atoms with Crippen LogP contribution in [0.15, 0.2) is 12.1 Å². The van der Waals surface area contributed by atoms with Crippen LogP contribution in [0.25, 0.3) is 0 Å². The van der Waals surface area contributed by atoms with Crippen LogP contribution in [0.5, 0.6) is 11.5 Å². The molecule has 0 saturated carbocycles. The average Bonchev–Trinajstić information content (AvgIpc) is 2.91. The van der Waals surface area contributed by atoms with E-state index in [9.17, 15) is 28.8 Å². The maximum absolute atomic E-state index is 12.8. The van der Waals surface area contributed by atoms with Crippen molar-refractivity contribution in [3.05, 3.63) is 53.4 Å². The summed E-state index contributed by atoms with van der Waals surface area (Å²) in [5, 5.41) is -2.18. The topological polar surface area (TPSA) is 121 Å². The quantitative estimate of drug-likeness (QED) is 0.0731. The summed E-state index contributed by atoms with van der Waals surface area (Å²) in [5.41, 5.74) is -1.27. The summed E-state index contributed by atoms with van der Waals surface area (Å²) in [7, 11) is 0. The fourth-order valence-electron chi connectivity index (χ4n) is 3.21. The lowest BCUT2D eigenvalue weighted by atomic mass is 10.0. The first-order chi connectivity index (χ1) is 18.8. The van der Waals surface area contributed by atoms with Crippen LogP contribution in [-0.4, -0.2) is 35.1 Å². The first-order valence-corrected chi connectivity index (χ1v) is 14.0. The molecule has 0 fully saturated rings. The third-order valence-corrected chi connectivity index (χ3v) is 7.42. The molecule has 14 heteroatoms. The average molecular weight is 673 g/mol. The third-order valence-electron chi connectivity index (χ3n) is 5.28. The molecular weight excluding hydrogens is 653 g/mol. The number of carbonyl (C=O) groups is 6. The number of hydrogen-bond acceptors (Lipinski definition) is 8. The molecule has 2 rings (SSSR count). The second-order valence-electron chi connectivity index (χ2n) is 8.21. The highest BCUT2D eigenvalue weighted by Gasteiger charge is 2.33. The van der Waals surface area contributed by atoms with Gasteiger partial charge >= 0.3 is 11.9 Å². The second-order valence-corrected chi connectivity index (χ2v) is 10.6. The van der Waals surface area contributed by atoms with Crippen molar-refractivity contribution in [3.63, 3.8) is 0 Å². The molecule has 0 heterocycles. The lowest BCUT2D eigenvalue weighted by Gasteiger charge is -2.15. The van der Waals surface area contributed by atoms with Gasteiger partial charge in [0.05, 0.1) is 41.3 Å². The van der Waals surface area contributed by atoms with Gasteiger partial charge in [0.2, 0.25) is 23.1 Å². The van der Waals surface area contributed by atoms with Crippen molar-refractivity contribution in [1.82, 2.24) is 0 Å². The van der Waals surface area contributed by atoms with Crippen LogP contribution in [0.3, 0.4) is 0 Å². The van der Waals surface area contributed by atoms with E-state index in [0.717, 1.165) is 12.1 Å². The summed E-state index contributed by atoms with van der Waals surface area (Å²) >= 11 is 36.4. The highest BCUT2D eigenvalue weighted by molar-refractivity contribution is 6.53. The summed E-state index contributed by atoms with van der Waals surface area (Å²) in [6, 6.07) is 2.06. The molecule has 0 amide bonds. The van der Waals surface area contributed by atoms with E-state index in [-0.39, 0.29) is 22.9 Å². The summed E-state index contributed by atoms with van der Waals surface area (Å²) in [6.45, 7) is 3.61. The zero-order chi connectivity index (χ0) is 30.3. The van der Waals surface area contributed by atoms with Crippen molar-refractivity contribution in [3.8, 4) is 11.5 Å². The van der Waals surface area contributed by atoms with E-state index in [1.807, 2.05) is 0 Å². The van der Waals surface area contributed by atoms with E-state index in [1.165, 1.54) is 0 Å². The number of hydrogen-bond donors (Lipinski definition) is 0. The molecule has 0 saturated heterocycles. The monoisotopic (exact) mass is 670 g/mol. The zero-order valence-corrected chi connectivity index (χ0v) is 25.5. The molecule has 0 atom stereocenters. The molecule has 0 aliphatic rings. The highest BCUT2D eigenvalue weighted by Crippen LogP contribution is 2.42. The first-order valence-electron chi connectivity index (χ1n) is 11.7. The van der Waals surface area contributed by atoms with E-state index in [1.54, 1.807) is 13.8 Å². The molecule has 0 radical (unpaired) electrons. The van der Waals surface area contributed by atoms with Crippen LogP contribution < -0.4 is 9.47 Å². The van der Waals surface area contributed by atoms with Gasteiger partial charge in [-0.05, 0) is 25.0 Å². The van der Waals surface area contributed by atoms with Gasteiger partial charge in [0.25, 0.3) is 0 Å². The van der Waals surface area contributed by atoms with E-state index in [0.29, 0.717) is 25.7 Å². The Kier molecular flexibility index (Phi) is 12.9. The first kappa shape index (κ1) is 34.0. The Morgan fingerprint density at radius 2 is 0.900 bits per heavy atom. The molecule has 214 valence electrons. The SMILES string of the molecule is CCCCC(=O)C(=O)c1c(Cl)c(Cl)cc(Cl)c1OC(=O)C(=O)Oc1c(Cl)cc(Cl)c(Cl)c1C(=O)C(=O)CCCC. The summed E-state index contributed by atoms with van der Waals surface area (Å²) in [5.74, 6) is -8.98. The lowest BCUT2D eigenvalue weighted by Crippen LogP contribution is -2.28. The van der Waals surface area contributed by atoms with Gasteiger partial charge in [-0.1, -0.05) is 96.3 Å². The van der Waals surface area contributed by atoms with Crippen molar-refractivity contribution in [1.29, 1.82) is 0 Å². The number of ketones is 4. The minimum atomic E-state index is -1.76. The van der Waals surface area contributed by atoms with Crippen LogP contribution in [0, 0.1) is 0 Å². The lowest BCUT2D eigenvalue weighted by molar-refractivity contribution is -0.156. The van der Waals surface area contributed by atoms with Gasteiger partial charge in [-0.25, -0.2) is 9.59 Å². The van der Waals surface area contributed by atoms with Crippen LogP contribution in [0.1, 0.15) is 73.1 Å². The minimum Gasteiger partial charge on any atom is -0.416 e. The van der Waals surface area contributed by atoms with E-state index >= 15 is 0 Å². The van der Waals surface area contributed by atoms with Gasteiger partial charge in [0.1, 0.15) is 0 Å². The van der Waals surface area contributed by atoms with Crippen LogP contribution in [-0.2, 0) is 19.2 Å². The number of halogens is 6. The van der Waals surface area contributed by atoms with Gasteiger partial charge in [0, 0.05) is 12.8 Å². The largest absolute Gasteiger partial charge is 0.423 e. The smallest absolute Gasteiger partial charge is 0.416 e. The molecule has 0 bridgehead atoms. The van der Waals surface area contributed by atoms with E-state index in [4.69, 9.17) is 79.1 Å². The Morgan fingerprint density at radius 1 is 0.575 bits per heavy atom. The predicted molar refractivity (Wildman–Crippen MR) is 152 cm³/mol. The number of unbranched alkanes of at least 4 members (excludes halogenated alkanes) is 2. The number of carbonyl (C=O) groups excluding carboxylic acids is 6. The fourth-order valence-corrected chi connectivity index (χ4v) is 4.67. The Morgan fingerprint density at radius 3 is 1.20 bits per heavy atom. The second kappa shape index (κ2) is 15.1. The fraction of sp³-hybridized carbons (Fsp3) is 0.308. The third kappa shape index (κ3) is 7.96. The Bertz CT molecular complexity index is 1300. The maximum atomic E-state index is 12.8. The number of rotatable bonds is 12. The standard InChI is InChI=1S/C26H20Cl6O8/c1-3-5-7-15(33)21(35)17-19(31)11(27)9-13(29)23(17)39-25(37)26(38)40-24-14(30)10-12(28)20(32)18(24)22(36)16(34)8-6-4-2/h9-10H,3-8H2,1-2H3. The molecule has 2 aromatic carbocycles. The van der Waals surface area contributed by atoms with Crippen molar-refractivity contribution in [2.24, 2.45) is 0 Å². The van der Waals surface area contributed by atoms with Crippen molar-refractivity contribution >= 4 is 105 Å². The van der Waals surface area contributed by atoms with Gasteiger partial charge < -0.3 is 9.47 Å². The molecule has 0 spiro atoms. The van der Waals surface area contributed by atoms with Crippen LogP contribution in [0.2, 0.25) is 30.1 Å². The van der Waals surface area contributed by atoms with Gasteiger partial charge in [-0.3, -0.25) is 19.2 Å². The molecule has 2 aromatic rings. The number of benzene rings is 2. The van der Waals surface area contributed by atoms with Crippen molar-refractivity contribution in [2.45, 2.75) is 52.4 Å². The van der Waals surface area contributed by atoms with Gasteiger partial charge in [-0.15, -0.1) is 0 Å². The van der Waals surface area contributed by atoms with E-state index in [2.05, 4.69) is 0 Å². The maximum Gasteiger partial charge on any atom is 0.423 e. The zero-order valence-electron chi connectivity index (χ0n) is 20.9. The molecule has 40 heavy (non-hydrogen) atoms. The highest BCUT2D eigenvalue weighted by atomic mass is 35.5. The number of Topliss-reactive ketones (excluding diaryl/α,β-unsaturated/α-hetero) is 4. The Hall–Kier alpha value is -2.20. The van der Waals surface area contributed by atoms with Crippen molar-refractivity contribution in [2.75, 3.05) is 0 Å². The van der Waals surface area contributed by atoms with Crippen LogP contribution >= 0.6 is 69.6 Å². The summed E-state index contributed by atoms with van der Waals surface area (Å²) in [6.07, 6.45) is 1.75. The van der Waals surface area contributed by atoms with Gasteiger partial charge in [0.15, 0.2) is 11.5 Å². The van der Waals surface area contributed by atoms with Crippen LogP contribution in [0.4, 0.5) is 0 Å². The van der Waals surface area contributed by atoms with Crippen molar-refractivity contribution < 1.29 is 38.2 Å². The Labute approximate surface area is 259 Å². The molecule has 0 aromatic heterocycles. The Balaban J connectivity index is 2.47. The van der Waals surface area contributed by atoms with E-state index < -0.39 is 77.8 Å². The molecule has 0 unspecified atom stereocenters. The summed E-state index contributed by atoms with van der Waals surface area (Å²) in [4.78, 5) is 75.9. The number of ether oxygens (including phenoxy) is 2. The number of esters is 2. The normalized spacial score (nSPS) is 10.7. The molecule has 8 nitrogen and oxygen atoms in total. The molecule has 0 aliphatic carbocycles. The molecule has 0 N–H and O–H groups in total. The van der Waals surface area contributed by atoms with Gasteiger partial charge in [-0.2, -0.15) is 0 Å². The predicted octanol–water partition coefficient (Wildman–Crippen LogP) is 8.00. The summed E-state index contributed by atoms with van der Waals surface area (Å²) < 4.78 is 10.0. The molecular formula is C26H20Cl6O8. The minimum absolute atomic E-state index is 0.130.